The summed E-state index contributed by atoms with van der Waals surface area (Å²) < 4.78 is 5.55. The molecule has 0 fully saturated rings. The van der Waals surface area contributed by atoms with Crippen LogP contribution in [0.25, 0.3) is 0 Å². The second-order valence-electron chi connectivity index (χ2n) is 3.12. The lowest BCUT2D eigenvalue weighted by atomic mass is 10.2. The zero-order chi connectivity index (χ0) is 10.5. The molecule has 3 heteroatoms. The van der Waals surface area contributed by atoms with Crippen LogP contribution in [0.1, 0.15) is 5.56 Å². The topological polar surface area (TPSA) is 48.1 Å². The SMILES string of the molecule is NCc1cccc(Oc2ccccn2)c1. The molecule has 2 aromatic rings. The van der Waals surface area contributed by atoms with E-state index in [4.69, 9.17) is 10.5 Å². The predicted molar refractivity (Wildman–Crippen MR) is 58.6 cm³/mol. The largest absolute Gasteiger partial charge is 0.439 e. The van der Waals surface area contributed by atoms with Gasteiger partial charge >= 0.3 is 0 Å². The second-order valence-corrected chi connectivity index (χ2v) is 3.12. The van der Waals surface area contributed by atoms with Gasteiger partial charge in [-0.1, -0.05) is 18.2 Å². The number of nitrogens with two attached hydrogens (primary N) is 1. The number of hydrogen-bond acceptors (Lipinski definition) is 3. The van der Waals surface area contributed by atoms with E-state index in [2.05, 4.69) is 4.98 Å². The van der Waals surface area contributed by atoms with Crippen LogP contribution in [0.5, 0.6) is 11.6 Å². The lowest BCUT2D eigenvalue weighted by Crippen LogP contribution is -1.96. The summed E-state index contributed by atoms with van der Waals surface area (Å²) in [5.41, 5.74) is 6.59. The fraction of sp³-hybridized carbons (Fsp3) is 0.0833. The van der Waals surface area contributed by atoms with Gasteiger partial charge in [0.1, 0.15) is 5.75 Å². The molecule has 0 saturated heterocycles. The van der Waals surface area contributed by atoms with E-state index in [-0.39, 0.29) is 0 Å². The minimum Gasteiger partial charge on any atom is -0.439 e. The summed E-state index contributed by atoms with van der Waals surface area (Å²) >= 11 is 0. The van der Waals surface area contributed by atoms with Crippen molar-refractivity contribution in [1.29, 1.82) is 0 Å². The molecule has 0 aliphatic heterocycles. The van der Waals surface area contributed by atoms with Crippen molar-refractivity contribution in [2.45, 2.75) is 6.54 Å². The molecule has 2 N–H and O–H groups in total. The van der Waals surface area contributed by atoms with E-state index in [1.165, 1.54) is 0 Å². The van der Waals surface area contributed by atoms with Crippen LogP contribution in [0.2, 0.25) is 0 Å². The standard InChI is InChI=1S/C12H12N2O/c13-9-10-4-3-5-11(8-10)15-12-6-1-2-7-14-12/h1-8H,9,13H2. The summed E-state index contributed by atoms with van der Waals surface area (Å²) in [6.45, 7) is 0.513. The summed E-state index contributed by atoms with van der Waals surface area (Å²) in [7, 11) is 0. The number of nitrogens with zero attached hydrogens (tertiary/aromatic N) is 1. The molecule has 0 bridgehead atoms. The monoisotopic (exact) mass is 200 g/mol. The van der Waals surface area contributed by atoms with Gasteiger partial charge in [-0.05, 0) is 23.8 Å². The molecule has 0 spiro atoms. The normalized spacial score (nSPS) is 9.93. The van der Waals surface area contributed by atoms with Gasteiger partial charge in [0.05, 0.1) is 0 Å². The van der Waals surface area contributed by atoms with Gasteiger partial charge in [-0.3, -0.25) is 0 Å². The third-order valence-electron chi connectivity index (χ3n) is 1.99. The first-order valence-corrected chi connectivity index (χ1v) is 4.76. The van der Waals surface area contributed by atoms with E-state index in [1.807, 2.05) is 42.5 Å². The Morgan fingerprint density at radius 2 is 2.07 bits per heavy atom. The highest BCUT2D eigenvalue weighted by molar-refractivity contribution is 5.31. The zero-order valence-corrected chi connectivity index (χ0v) is 8.26. The second kappa shape index (κ2) is 4.57. The lowest BCUT2D eigenvalue weighted by Gasteiger charge is -2.05. The molecule has 0 unspecified atom stereocenters. The quantitative estimate of drug-likeness (QED) is 0.827. The van der Waals surface area contributed by atoms with E-state index in [1.54, 1.807) is 6.20 Å². The van der Waals surface area contributed by atoms with E-state index in [9.17, 15) is 0 Å². The summed E-state index contributed by atoms with van der Waals surface area (Å²) in [6.07, 6.45) is 1.70. The number of pyridine rings is 1. The molecule has 0 atom stereocenters. The summed E-state index contributed by atoms with van der Waals surface area (Å²) in [6, 6.07) is 13.2. The number of hydrogen-bond donors (Lipinski definition) is 1. The van der Waals surface area contributed by atoms with Crippen LogP contribution in [-0.4, -0.2) is 4.98 Å². The van der Waals surface area contributed by atoms with Gasteiger partial charge in [0.15, 0.2) is 0 Å². The van der Waals surface area contributed by atoms with E-state index in [0.717, 1.165) is 11.3 Å². The fourth-order valence-electron chi connectivity index (χ4n) is 1.26. The van der Waals surface area contributed by atoms with Crippen molar-refractivity contribution in [3.63, 3.8) is 0 Å². The van der Waals surface area contributed by atoms with Crippen molar-refractivity contribution < 1.29 is 4.74 Å². The molecule has 0 radical (unpaired) electrons. The van der Waals surface area contributed by atoms with Gasteiger partial charge < -0.3 is 10.5 Å². The lowest BCUT2D eigenvalue weighted by molar-refractivity contribution is 0.462. The third kappa shape index (κ3) is 2.54. The van der Waals surface area contributed by atoms with Crippen LogP contribution in [0.15, 0.2) is 48.7 Å². The van der Waals surface area contributed by atoms with Crippen LogP contribution in [0, 0.1) is 0 Å². The highest BCUT2D eigenvalue weighted by Gasteiger charge is 1.97. The first kappa shape index (κ1) is 9.68. The Morgan fingerprint density at radius 3 is 2.80 bits per heavy atom. The first-order valence-electron chi connectivity index (χ1n) is 4.76. The van der Waals surface area contributed by atoms with Gasteiger partial charge in [-0.15, -0.1) is 0 Å². The Kier molecular flexibility index (Phi) is 2.95. The molecule has 15 heavy (non-hydrogen) atoms. The smallest absolute Gasteiger partial charge is 0.219 e. The zero-order valence-electron chi connectivity index (χ0n) is 8.26. The van der Waals surface area contributed by atoms with Crippen molar-refractivity contribution in [2.24, 2.45) is 5.73 Å². The van der Waals surface area contributed by atoms with Crippen molar-refractivity contribution in [3.05, 3.63) is 54.2 Å². The average molecular weight is 200 g/mol. The first-order chi connectivity index (χ1) is 7.38. The molecule has 2 rings (SSSR count). The highest BCUT2D eigenvalue weighted by atomic mass is 16.5. The maximum atomic E-state index is 5.55. The molecular weight excluding hydrogens is 188 g/mol. The molecule has 1 heterocycles. The molecule has 0 amide bonds. The van der Waals surface area contributed by atoms with E-state index < -0.39 is 0 Å². The van der Waals surface area contributed by atoms with Crippen LogP contribution >= 0.6 is 0 Å². The van der Waals surface area contributed by atoms with Gasteiger partial charge in [0, 0.05) is 18.8 Å². The van der Waals surface area contributed by atoms with E-state index in [0.29, 0.717) is 12.4 Å². The fourth-order valence-corrected chi connectivity index (χ4v) is 1.26. The van der Waals surface area contributed by atoms with Crippen molar-refractivity contribution in [2.75, 3.05) is 0 Å². The van der Waals surface area contributed by atoms with Crippen LogP contribution in [-0.2, 0) is 6.54 Å². The van der Waals surface area contributed by atoms with Crippen LogP contribution < -0.4 is 10.5 Å². The summed E-state index contributed by atoms with van der Waals surface area (Å²) in [5.74, 6) is 1.35. The van der Waals surface area contributed by atoms with E-state index >= 15 is 0 Å². The number of aromatic nitrogens is 1. The Bertz CT molecular complexity index is 429. The Balaban J connectivity index is 2.17. The molecule has 0 aliphatic carbocycles. The van der Waals surface area contributed by atoms with Crippen LogP contribution in [0.4, 0.5) is 0 Å². The molecule has 1 aromatic carbocycles. The Hall–Kier alpha value is -1.87. The molecular formula is C12H12N2O. The molecule has 0 aliphatic rings. The van der Waals surface area contributed by atoms with Crippen LogP contribution in [0.3, 0.4) is 0 Å². The van der Waals surface area contributed by atoms with Gasteiger partial charge in [0.2, 0.25) is 5.88 Å². The van der Waals surface area contributed by atoms with Gasteiger partial charge in [-0.2, -0.15) is 0 Å². The van der Waals surface area contributed by atoms with Crippen molar-refractivity contribution in [1.82, 2.24) is 4.98 Å². The molecule has 0 saturated carbocycles. The summed E-state index contributed by atoms with van der Waals surface area (Å²) in [4.78, 5) is 4.08. The maximum absolute atomic E-state index is 5.55. The highest BCUT2D eigenvalue weighted by Crippen LogP contribution is 2.19. The van der Waals surface area contributed by atoms with Gasteiger partial charge in [0.25, 0.3) is 0 Å². The summed E-state index contributed by atoms with van der Waals surface area (Å²) in [5, 5.41) is 0. The molecule has 1 aromatic heterocycles. The Labute approximate surface area is 88.5 Å². The third-order valence-corrected chi connectivity index (χ3v) is 1.99. The number of ether oxygens (including phenoxy) is 1. The van der Waals surface area contributed by atoms with Crippen molar-refractivity contribution >= 4 is 0 Å². The molecule has 3 nitrogen and oxygen atoms in total. The van der Waals surface area contributed by atoms with Gasteiger partial charge in [-0.25, -0.2) is 4.98 Å². The number of rotatable bonds is 3. The minimum atomic E-state index is 0.513. The maximum Gasteiger partial charge on any atom is 0.219 e. The van der Waals surface area contributed by atoms with Crippen molar-refractivity contribution in [3.8, 4) is 11.6 Å². The molecule has 76 valence electrons. The average Bonchev–Trinajstić information content (AvgIpc) is 2.31. The Morgan fingerprint density at radius 1 is 1.13 bits per heavy atom. The number of benzene rings is 1. The minimum absolute atomic E-state index is 0.513. The predicted octanol–water partition coefficient (Wildman–Crippen LogP) is 2.33.